The van der Waals surface area contributed by atoms with E-state index in [0.29, 0.717) is 12.1 Å². The molecule has 0 aliphatic heterocycles. The first-order valence-corrected chi connectivity index (χ1v) is 5.67. The third-order valence-electron chi connectivity index (χ3n) is 2.41. The van der Waals surface area contributed by atoms with E-state index in [9.17, 15) is 9.18 Å². The number of aromatic nitrogens is 3. The van der Waals surface area contributed by atoms with Crippen LogP contribution in [0.3, 0.4) is 0 Å². The molecule has 7 heteroatoms. The minimum atomic E-state index is -0.482. The molecule has 2 aromatic rings. The van der Waals surface area contributed by atoms with Crippen LogP contribution in [0, 0.1) is 5.95 Å². The van der Waals surface area contributed by atoms with E-state index in [2.05, 4.69) is 20.6 Å². The predicted molar refractivity (Wildman–Crippen MR) is 67.2 cm³/mol. The van der Waals surface area contributed by atoms with E-state index in [0.717, 1.165) is 0 Å². The van der Waals surface area contributed by atoms with E-state index in [1.54, 1.807) is 19.1 Å². The molecule has 1 amide bonds. The minimum absolute atomic E-state index is 0.219. The van der Waals surface area contributed by atoms with Crippen molar-refractivity contribution in [2.45, 2.75) is 13.5 Å². The number of rotatable bonds is 4. The van der Waals surface area contributed by atoms with Crippen LogP contribution < -0.4 is 5.43 Å². The smallest absolute Gasteiger partial charge is 0.267 e. The number of halogens is 1. The standard InChI is InChI=1S/C12H12FN5O/c1-2-18-11(13)10(8-16-18)7-15-17-12(19)9-3-5-14-6-4-9/h3-8H,2H2,1H3,(H,17,19). The maximum Gasteiger partial charge on any atom is 0.271 e. The first-order chi connectivity index (χ1) is 9.22. The Bertz CT molecular complexity index is 593. The summed E-state index contributed by atoms with van der Waals surface area (Å²) in [5.74, 6) is -0.869. The van der Waals surface area contributed by atoms with Crippen LogP contribution in [-0.4, -0.2) is 26.9 Å². The second-order valence-corrected chi connectivity index (χ2v) is 3.64. The first-order valence-electron chi connectivity index (χ1n) is 5.67. The van der Waals surface area contributed by atoms with Crippen LogP contribution in [0.5, 0.6) is 0 Å². The molecule has 0 saturated carbocycles. The van der Waals surface area contributed by atoms with Gasteiger partial charge >= 0.3 is 0 Å². The minimum Gasteiger partial charge on any atom is -0.267 e. The average molecular weight is 261 g/mol. The normalized spacial score (nSPS) is 10.8. The van der Waals surface area contributed by atoms with Crippen molar-refractivity contribution in [2.24, 2.45) is 5.10 Å². The summed E-state index contributed by atoms with van der Waals surface area (Å²) in [5, 5.41) is 7.51. The van der Waals surface area contributed by atoms with Gasteiger partial charge in [0.05, 0.1) is 18.0 Å². The highest BCUT2D eigenvalue weighted by molar-refractivity contribution is 5.94. The summed E-state index contributed by atoms with van der Waals surface area (Å²) in [6, 6.07) is 3.11. The van der Waals surface area contributed by atoms with Gasteiger partial charge < -0.3 is 0 Å². The van der Waals surface area contributed by atoms with Gasteiger partial charge in [-0.15, -0.1) is 0 Å². The lowest BCUT2D eigenvalue weighted by molar-refractivity contribution is 0.0955. The van der Waals surface area contributed by atoms with Crippen molar-refractivity contribution in [1.82, 2.24) is 20.2 Å². The van der Waals surface area contributed by atoms with Crippen LogP contribution in [0.2, 0.25) is 0 Å². The first kappa shape index (κ1) is 12.9. The number of pyridine rings is 1. The van der Waals surface area contributed by atoms with Crippen LogP contribution in [0.25, 0.3) is 0 Å². The summed E-state index contributed by atoms with van der Waals surface area (Å²) < 4.78 is 14.8. The molecule has 19 heavy (non-hydrogen) atoms. The molecule has 0 radical (unpaired) electrons. The van der Waals surface area contributed by atoms with Gasteiger partial charge in [-0.25, -0.2) is 10.1 Å². The summed E-state index contributed by atoms with van der Waals surface area (Å²) in [7, 11) is 0. The largest absolute Gasteiger partial charge is 0.271 e. The maximum absolute atomic E-state index is 13.6. The molecule has 2 rings (SSSR count). The van der Waals surface area contributed by atoms with Gasteiger partial charge in [0.15, 0.2) is 0 Å². The molecule has 98 valence electrons. The quantitative estimate of drug-likeness (QED) is 0.664. The lowest BCUT2D eigenvalue weighted by atomic mass is 10.3. The number of hydrogen-bond acceptors (Lipinski definition) is 4. The molecular weight excluding hydrogens is 249 g/mol. The van der Waals surface area contributed by atoms with Gasteiger partial charge in [-0.2, -0.15) is 14.6 Å². The Balaban J connectivity index is 2.00. The zero-order chi connectivity index (χ0) is 13.7. The number of nitrogens with one attached hydrogen (secondary N) is 1. The Kier molecular flexibility index (Phi) is 3.97. The average Bonchev–Trinajstić information content (AvgIpc) is 2.80. The van der Waals surface area contributed by atoms with Crippen LogP contribution in [0.4, 0.5) is 4.39 Å². The van der Waals surface area contributed by atoms with Crippen molar-refractivity contribution in [3.05, 3.63) is 47.8 Å². The topological polar surface area (TPSA) is 72.2 Å². The van der Waals surface area contributed by atoms with Gasteiger partial charge in [-0.3, -0.25) is 9.78 Å². The number of carbonyl (C=O) groups excluding carboxylic acids is 1. The predicted octanol–water partition coefficient (Wildman–Crippen LogP) is 1.20. The maximum atomic E-state index is 13.6. The van der Waals surface area contributed by atoms with Crippen LogP contribution >= 0.6 is 0 Å². The molecule has 0 aliphatic carbocycles. The third-order valence-corrected chi connectivity index (χ3v) is 2.41. The molecule has 0 atom stereocenters. The molecule has 0 spiro atoms. The summed E-state index contributed by atoms with van der Waals surface area (Å²) in [6.07, 6.45) is 5.57. The summed E-state index contributed by atoms with van der Waals surface area (Å²) in [6.45, 7) is 2.21. The zero-order valence-electron chi connectivity index (χ0n) is 10.2. The Morgan fingerprint density at radius 1 is 1.53 bits per heavy atom. The van der Waals surface area contributed by atoms with Gasteiger partial charge in [-0.05, 0) is 19.1 Å². The number of aryl methyl sites for hydroxylation is 1. The van der Waals surface area contributed by atoms with Crippen molar-refractivity contribution < 1.29 is 9.18 Å². The van der Waals surface area contributed by atoms with Crippen LogP contribution in [0.15, 0.2) is 35.8 Å². The molecule has 6 nitrogen and oxygen atoms in total. The monoisotopic (exact) mass is 261 g/mol. The summed E-state index contributed by atoms with van der Waals surface area (Å²) >= 11 is 0. The van der Waals surface area contributed by atoms with Gasteiger partial charge in [0.25, 0.3) is 5.91 Å². The Hall–Kier alpha value is -2.57. The number of nitrogens with zero attached hydrogens (tertiary/aromatic N) is 4. The van der Waals surface area contributed by atoms with Gasteiger partial charge in [0.2, 0.25) is 5.95 Å². The molecular formula is C12H12FN5O. The molecule has 0 aliphatic rings. The Morgan fingerprint density at radius 3 is 2.89 bits per heavy atom. The molecule has 0 fully saturated rings. The highest BCUT2D eigenvalue weighted by atomic mass is 19.1. The summed E-state index contributed by atoms with van der Waals surface area (Å²) in [4.78, 5) is 15.4. The fraction of sp³-hybridized carbons (Fsp3) is 0.167. The zero-order valence-corrected chi connectivity index (χ0v) is 10.2. The second kappa shape index (κ2) is 5.85. The van der Waals surface area contributed by atoms with Crippen LogP contribution in [0.1, 0.15) is 22.8 Å². The number of amides is 1. The highest BCUT2D eigenvalue weighted by Gasteiger charge is 2.07. The molecule has 0 bridgehead atoms. The number of carbonyl (C=O) groups is 1. The van der Waals surface area contributed by atoms with Crippen molar-refractivity contribution in [2.75, 3.05) is 0 Å². The van der Waals surface area contributed by atoms with E-state index in [1.807, 2.05) is 0 Å². The number of hydrogen-bond donors (Lipinski definition) is 1. The second-order valence-electron chi connectivity index (χ2n) is 3.64. The van der Waals surface area contributed by atoms with Crippen molar-refractivity contribution in [3.63, 3.8) is 0 Å². The van der Waals surface area contributed by atoms with E-state index < -0.39 is 5.95 Å². The Morgan fingerprint density at radius 2 is 2.26 bits per heavy atom. The van der Waals surface area contributed by atoms with Gasteiger partial charge in [-0.1, -0.05) is 0 Å². The lowest BCUT2D eigenvalue weighted by Crippen LogP contribution is -2.17. The molecule has 2 aromatic heterocycles. The highest BCUT2D eigenvalue weighted by Crippen LogP contribution is 2.03. The third kappa shape index (κ3) is 3.01. The van der Waals surface area contributed by atoms with Crippen molar-refractivity contribution >= 4 is 12.1 Å². The number of hydrazone groups is 1. The lowest BCUT2D eigenvalue weighted by Gasteiger charge is -1.98. The van der Waals surface area contributed by atoms with Crippen molar-refractivity contribution in [3.8, 4) is 0 Å². The fourth-order valence-electron chi connectivity index (χ4n) is 1.42. The van der Waals surface area contributed by atoms with Crippen molar-refractivity contribution in [1.29, 1.82) is 0 Å². The molecule has 0 saturated heterocycles. The Labute approximate surface area is 109 Å². The molecule has 1 N–H and O–H groups in total. The SMILES string of the molecule is CCn1ncc(C=NNC(=O)c2ccncc2)c1F. The fourth-order valence-corrected chi connectivity index (χ4v) is 1.42. The van der Waals surface area contributed by atoms with E-state index >= 15 is 0 Å². The molecule has 0 aromatic carbocycles. The summed E-state index contributed by atoms with van der Waals surface area (Å²) in [5.41, 5.74) is 2.95. The van der Waals surface area contributed by atoms with Gasteiger partial charge in [0, 0.05) is 24.5 Å². The van der Waals surface area contributed by atoms with E-state index in [4.69, 9.17) is 0 Å². The van der Waals surface area contributed by atoms with E-state index in [-0.39, 0.29) is 11.5 Å². The van der Waals surface area contributed by atoms with Gasteiger partial charge in [0.1, 0.15) is 0 Å². The van der Waals surface area contributed by atoms with Crippen LogP contribution in [-0.2, 0) is 6.54 Å². The van der Waals surface area contributed by atoms with E-state index in [1.165, 1.54) is 29.5 Å². The molecule has 0 unspecified atom stereocenters. The molecule has 2 heterocycles.